The minimum absolute atomic E-state index is 0.170. The van der Waals surface area contributed by atoms with Crippen LogP contribution in [0.2, 0.25) is 0 Å². The van der Waals surface area contributed by atoms with Crippen molar-refractivity contribution in [2.24, 2.45) is 0 Å². The number of rotatable bonds is 5. The molecule has 0 spiro atoms. The predicted molar refractivity (Wildman–Crippen MR) is 88.2 cm³/mol. The molecule has 0 aliphatic rings. The molecule has 102 valence electrons. The van der Waals surface area contributed by atoms with E-state index in [-0.39, 0.29) is 3.42 Å². The van der Waals surface area contributed by atoms with Crippen LogP contribution in [-0.2, 0) is 22.7 Å². The maximum Gasteiger partial charge on any atom is 0.125 e. The topological polar surface area (TPSA) is 9.23 Å². The lowest BCUT2D eigenvalue weighted by Crippen LogP contribution is -2.14. The van der Waals surface area contributed by atoms with Gasteiger partial charge < -0.3 is 4.74 Å². The molecular formula is C16H25IO. The van der Waals surface area contributed by atoms with E-state index in [9.17, 15) is 0 Å². The molecule has 0 radical (unpaired) electrons. The zero-order chi connectivity index (χ0) is 13.9. The van der Waals surface area contributed by atoms with Crippen molar-refractivity contribution >= 4 is 22.6 Å². The van der Waals surface area contributed by atoms with Gasteiger partial charge in [0.1, 0.15) is 5.75 Å². The maximum atomic E-state index is 5.67. The Labute approximate surface area is 125 Å². The molecule has 0 unspecified atom stereocenters. The lowest BCUT2D eigenvalue weighted by atomic mass is 9.87. The van der Waals surface area contributed by atoms with E-state index in [0.29, 0.717) is 0 Å². The number of halogens is 1. The second kappa shape index (κ2) is 6.27. The third-order valence-corrected chi connectivity index (χ3v) is 4.09. The number of ether oxygens (including phenoxy) is 1. The number of methoxy groups -OCH3 is 1. The molecule has 0 heterocycles. The molecule has 0 aromatic heterocycles. The molecule has 1 rings (SSSR count). The quantitative estimate of drug-likeness (QED) is 0.527. The fraction of sp³-hybridized carbons (Fsp3) is 0.625. The van der Waals surface area contributed by atoms with Crippen LogP contribution in [0, 0.1) is 0 Å². The molecule has 1 aromatic rings. The minimum Gasteiger partial charge on any atom is -0.496 e. The summed E-state index contributed by atoms with van der Waals surface area (Å²) in [6, 6.07) is 2.35. The monoisotopic (exact) mass is 360 g/mol. The summed E-state index contributed by atoms with van der Waals surface area (Å²) in [4.78, 5) is 0. The lowest BCUT2D eigenvalue weighted by molar-refractivity contribution is 0.404. The van der Waals surface area contributed by atoms with Crippen LogP contribution < -0.4 is 4.74 Å². The molecule has 18 heavy (non-hydrogen) atoms. The lowest BCUT2D eigenvalue weighted by Gasteiger charge is -2.26. The van der Waals surface area contributed by atoms with Crippen LogP contribution in [0.1, 0.15) is 56.9 Å². The molecule has 2 heteroatoms. The van der Waals surface area contributed by atoms with E-state index in [1.165, 1.54) is 22.3 Å². The van der Waals surface area contributed by atoms with E-state index < -0.39 is 0 Å². The molecule has 0 atom stereocenters. The van der Waals surface area contributed by atoms with Crippen LogP contribution in [0.5, 0.6) is 5.75 Å². The Morgan fingerprint density at radius 1 is 1.06 bits per heavy atom. The van der Waals surface area contributed by atoms with Gasteiger partial charge in [0.05, 0.1) is 7.11 Å². The van der Waals surface area contributed by atoms with E-state index in [2.05, 4.69) is 63.3 Å². The van der Waals surface area contributed by atoms with Gasteiger partial charge in [0.2, 0.25) is 0 Å². The van der Waals surface area contributed by atoms with Crippen molar-refractivity contribution in [3.05, 3.63) is 28.3 Å². The highest BCUT2D eigenvalue weighted by atomic mass is 127. The Morgan fingerprint density at radius 2 is 1.61 bits per heavy atom. The first-order valence-corrected chi connectivity index (χ1v) is 7.89. The number of benzene rings is 1. The molecule has 0 N–H and O–H groups in total. The highest BCUT2D eigenvalue weighted by Crippen LogP contribution is 2.40. The van der Waals surface area contributed by atoms with Crippen molar-refractivity contribution in [1.29, 1.82) is 0 Å². The average molecular weight is 360 g/mol. The molecule has 0 fully saturated rings. The van der Waals surface area contributed by atoms with Crippen LogP contribution in [0.25, 0.3) is 0 Å². The summed E-state index contributed by atoms with van der Waals surface area (Å²) in [6.07, 6.45) is 3.14. The standard InChI is InChI=1S/C16H25IO/c1-7-11-10-14(16(4,5)17)12(8-2)13(9-3)15(11)18-6/h10H,7-9H2,1-6H3. The Morgan fingerprint density at radius 3 is 1.94 bits per heavy atom. The van der Waals surface area contributed by atoms with Crippen molar-refractivity contribution in [3.63, 3.8) is 0 Å². The summed E-state index contributed by atoms with van der Waals surface area (Å²) in [6.45, 7) is 11.2. The highest BCUT2D eigenvalue weighted by Gasteiger charge is 2.24. The number of hydrogen-bond acceptors (Lipinski definition) is 1. The van der Waals surface area contributed by atoms with E-state index in [4.69, 9.17) is 4.74 Å². The first kappa shape index (κ1) is 15.8. The van der Waals surface area contributed by atoms with E-state index >= 15 is 0 Å². The van der Waals surface area contributed by atoms with Gasteiger partial charge in [-0.3, -0.25) is 0 Å². The van der Waals surface area contributed by atoms with Gasteiger partial charge in [0, 0.05) is 3.42 Å². The fourth-order valence-corrected chi connectivity index (χ4v) is 3.13. The Balaban J connectivity index is 3.64. The second-order valence-electron chi connectivity index (χ2n) is 5.11. The van der Waals surface area contributed by atoms with Crippen LogP contribution in [0.4, 0.5) is 0 Å². The van der Waals surface area contributed by atoms with E-state index in [1.807, 2.05) is 0 Å². The number of alkyl halides is 1. The SMILES string of the molecule is CCc1cc(C(C)(C)I)c(CC)c(CC)c1OC. The van der Waals surface area contributed by atoms with Crippen molar-refractivity contribution in [3.8, 4) is 5.75 Å². The van der Waals surface area contributed by atoms with Crippen molar-refractivity contribution < 1.29 is 4.74 Å². The highest BCUT2D eigenvalue weighted by molar-refractivity contribution is 14.1. The summed E-state index contributed by atoms with van der Waals surface area (Å²) in [5.41, 5.74) is 5.69. The van der Waals surface area contributed by atoms with Gasteiger partial charge in [-0.2, -0.15) is 0 Å². The normalized spacial score (nSPS) is 11.7. The third kappa shape index (κ3) is 3.01. The van der Waals surface area contributed by atoms with E-state index in [0.717, 1.165) is 25.0 Å². The second-order valence-corrected chi connectivity index (χ2v) is 7.80. The summed E-state index contributed by atoms with van der Waals surface area (Å²) in [5, 5.41) is 0. The van der Waals surface area contributed by atoms with Gasteiger partial charge in [-0.25, -0.2) is 0 Å². The van der Waals surface area contributed by atoms with Gasteiger partial charge in [-0.05, 0) is 55.4 Å². The summed E-state index contributed by atoms with van der Waals surface area (Å²) >= 11 is 2.54. The van der Waals surface area contributed by atoms with Crippen molar-refractivity contribution in [2.75, 3.05) is 7.11 Å². The zero-order valence-electron chi connectivity index (χ0n) is 12.5. The molecule has 1 aromatic carbocycles. The van der Waals surface area contributed by atoms with Crippen LogP contribution in [-0.4, -0.2) is 7.11 Å². The minimum atomic E-state index is 0.170. The van der Waals surface area contributed by atoms with Crippen LogP contribution >= 0.6 is 22.6 Å². The Bertz CT molecular complexity index is 416. The summed E-state index contributed by atoms with van der Waals surface area (Å²) in [5.74, 6) is 1.11. The Hall–Kier alpha value is -0.250. The molecule has 0 aliphatic heterocycles. The average Bonchev–Trinajstić information content (AvgIpc) is 2.34. The Kier molecular flexibility index (Phi) is 5.50. The molecule has 0 aliphatic carbocycles. The van der Waals surface area contributed by atoms with Gasteiger partial charge in [0.15, 0.2) is 0 Å². The summed E-state index contributed by atoms with van der Waals surface area (Å²) < 4.78 is 5.84. The largest absolute Gasteiger partial charge is 0.496 e. The smallest absolute Gasteiger partial charge is 0.125 e. The van der Waals surface area contributed by atoms with Gasteiger partial charge in [-0.15, -0.1) is 0 Å². The molecule has 0 bridgehead atoms. The number of hydrogen-bond donors (Lipinski definition) is 0. The fourth-order valence-electron chi connectivity index (χ4n) is 2.65. The first-order valence-electron chi connectivity index (χ1n) is 6.81. The van der Waals surface area contributed by atoms with Gasteiger partial charge >= 0.3 is 0 Å². The van der Waals surface area contributed by atoms with Gasteiger partial charge in [-0.1, -0.05) is 49.4 Å². The van der Waals surface area contributed by atoms with E-state index in [1.54, 1.807) is 7.11 Å². The maximum absolute atomic E-state index is 5.67. The van der Waals surface area contributed by atoms with Crippen LogP contribution in [0.3, 0.4) is 0 Å². The third-order valence-electron chi connectivity index (χ3n) is 3.51. The molecule has 1 nitrogen and oxygen atoms in total. The molecular weight excluding hydrogens is 335 g/mol. The molecule has 0 amide bonds. The molecule has 0 saturated carbocycles. The number of aryl methyl sites for hydroxylation is 1. The first-order chi connectivity index (χ1) is 8.40. The molecule has 0 saturated heterocycles. The summed E-state index contributed by atoms with van der Waals surface area (Å²) in [7, 11) is 1.79. The van der Waals surface area contributed by atoms with Gasteiger partial charge in [0.25, 0.3) is 0 Å². The van der Waals surface area contributed by atoms with Crippen molar-refractivity contribution in [2.45, 2.75) is 57.3 Å². The van der Waals surface area contributed by atoms with Crippen LogP contribution in [0.15, 0.2) is 6.07 Å². The zero-order valence-corrected chi connectivity index (χ0v) is 14.6. The van der Waals surface area contributed by atoms with Crippen molar-refractivity contribution in [1.82, 2.24) is 0 Å². The predicted octanol–water partition coefficient (Wildman–Crippen LogP) is 5.05.